The van der Waals surface area contributed by atoms with Crippen LogP contribution in [0, 0.1) is 0 Å². The average Bonchev–Trinajstić information content (AvgIpc) is 2.27. The third-order valence-electron chi connectivity index (χ3n) is 2.57. The summed E-state index contributed by atoms with van der Waals surface area (Å²) in [6.07, 6.45) is 2.86. The number of methoxy groups -OCH3 is 1. The third-order valence-corrected chi connectivity index (χ3v) is 2.57. The molecular formula is C12H23NO2. The topological polar surface area (TPSA) is 29.5 Å². The van der Waals surface area contributed by atoms with Crippen molar-refractivity contribution in [2.45, 2.75) is 33.1 Å². The number of hydrogen-bond acceptors (Lipinski definition) is 3. The Labute approximate surface area is 93.1 Å². The highest BCUT2D eigenvalue weighted by Gasteiger charge is 2.06. The largest absolute Gasteiger partial charge is 0.466 e. The second kappa shape index (κ2) is 8.48. The summed E-state index contributed by atoms with van der Waals surface area (Å²) < 4.78 is 4.58. The number of nitrogens with zero attached hydrogens (tertiary/aromatic N) is 1. The van der Waals surface area contributed by atoms with Gasteiger partial charge in [-0.25, -0.2) is 4.79 Å². The lowest BCUT2D eigenvalue weighted by atomic mass is 10.1. The summed E-state index contributed by atoms with van der Waals surface area (Å²) in [6.45, 7) is 11.3. The molecule has 15 heavy (non-hydrogen) atoms. The van der Waals surface area contributed by atoms with E-state index in [4.69, 9.17) is 0 Å². The van der Waals surface area contributed by atoms with Gasteiger partial charge in [0, 0.05) is 5.57 Å². The van der Waals surface area contributed by atoms with Gasteiger partial charge in [-0.15, -0.1) is 0 Å². The Hall–Kier alpha value is -0.830. The van der Waals surface area contributed by atoms with Crippen LogP contribution in [0.15, 0.2) is 12.2 Å². The minimum atomic E-state index is -0.280. The summed E-state index contributed by atoms with van der Waals surface area (Å²) in [5, 5.41) is 0. The highest BCUT2D eigenvalue weighted by atomic mass is 16.5. The highest BCUT2D eigenvalue weighted by molar-refractivity contribution is 5.87. The second-order valence-electron chi connectivity index (χ2n) is 3.58. The van der Waals surface area contributed by atoms with Crippen molar-refractivity contribution in [3.05, 3.63) is 12.2 Å². The van der Waals surface area contributed by atoms with Crippen molar-refractivity contribution in [2.24, 2.45) is 0 Å². The summed E-state index contributed by atoms with van der Waals surface area (Å²) in [4.78, 5) is 13.4. The Morgan fingerprint density at radius 2 is 1.87 bits per heavy atom. The van der Waals surface area contributed by atoms with E-state index in [1.54, 1.807) is 0 Å². The molecule has 0 radical (unpaired) electrons. The van der Waals surface area contributed by atoms with E-state index in [1.165, 1.54) is 7.11 Å². The molecule has 0 atom stereocenters. The third kappa shape index (κ3) is 6.28. The fourth-order valence-electron chi connectivity index (χ4n) is 1.46. The lowest BCUT2D eigenvalue weighted by Gasteiger charge is -2.17. The fourth-order valence-corrected chi connectivity index (χ4v) is 1.46. The maximum Gasteiger partial charge on any atom is 0.333 e. The summed E-state index contributed by atoms with van der Waals surface area (Å²) in [7, 11) is 1.39. The Morgan fingerprint density at radius 1 is 1.27 bits per heavy atom. The van der Waals surface area contributed by atoms with Gasteiger partial charge in [-0.05, 0) is 38.9 Å². The molecule has 3 heteroatoms. The van der Waals surface area contributed by atoms with Gasteiger partial charge < -0.3 is 9.64 Å². The Balaban J connectivity index is 3.54. The van der Waals surface area contributed by atoms with Gasteiger partial charge in [-0.2, -0.15) is 0 Å². The molecule has 0 unspecified atom stereocenters. The molecule has 0 amide bonds. The number of hydrogen-bond donors (Lipinski definition) is 0. The van der Waals surface area contributed by atoms with E-state index in [2.05, 4.69) is 30.1 Å². The average molecular weight is 213 g/mol. The van der Waals surface area contributed by atoms with Gasteiger partial charge in [-0.1, -0.05) is 20.4 Å². The van der Waals surface area contributed by atoms with Crippen molar-refractivity contribution in [2.75, 3.05) is 26.7 Å². The van der Waals surface area contributed by atoms with Crippen LogP contribution in [-0.4, -0.2) is 37.6 Å². The van der Waals surface area contributed by atoms with Crippen LogP contribution in [-0.2, 0) is 9.53 Å². The smallest absolute Gasteiger partial charge is 0.333 e. The van der Waals surface area contributed by atoms with Crippen molar-refractivity contribution in [3.8, 4) is 0 Å². The van der Waals surface area contributed by atoms with E-state index in [9.17, 15) is 4.79 Å². The first-order chi connectivity index (χ1) is 7.15. The summed E-state index contributed by atoms with van der Waals surface area (Å²) in [5.41, 5.74) is 0.581. The quantitative estimate of drug-likeness (QED) is 0.352. The summed E-state index contributed by atoms with van der Waals surface area (Å²) >= 11 is 0. The van der Waals surface area contributed by atoms with E-state index >= 15 is 0 Å². The van der Waals surface area contributed by atoms with Crippen LogP contribution in [0.1, 0.15) is 33.1 Å². The first-order valence-electron chi connectivity index (χ1n) is 5.64. The van der Waals surface area contributed by atoms with Gasteiger partial charge in [-0.3, -0.25) is 0 Å². The monoisotopic (exact) mass is 213 g/mol. The van der Waals surface area contributed by atoms with Crippen LogP contribution < -0.4 is 0 Å². The number of ether oxygens (including phenoxy) is 1. The molecule has 0 spiro atoms. The maximum absolute atomic E-state index is 11.0. The van der Waals surface area contributed by atoms with Gasteiger partial charge in [0.25, 0.3) is 0 Å². The van der Waals surface area contributed by atoms with Crippen molar-refractivity contribution in [1.29, 1.82) is 0 Å². The van der Waals surface area contributed by atoms with Crippen molar-refractivity contribution < 1.29 is 9.53 Å². The predicted molar refractivity (Wildman–Crippen MR) is 62.8 cm³/mol. The maximum atomic E-state index is 11.0. The lowest BCUT2D eigenvalue weighted by molar-refractivity contribution is -0.136. The molecule has 0 bridgehead atoms. The van der Waals surface area contributed by atoms with E-state index < -0.39 is 0 Å². The molecule has 0 fully saturated rings. The standard InChI is InChI=1S/C12H23NO2/c1-5-13(6-2)10-8-7-9-11(3)12(14)15-4/h3,5-10H2,1-2,4H3. The molecule has 3 nitrogen and oxygen atoms in total. The van der Waals surface area contributed by atoms with E-state index in [0.717, 1.165) is 38.9 Å². The van der Waals surface area contributed by atoms with Gasteiger partial charge in [0.2, 0.25) is 0 Å². The molecule has 0 aliphatic rings. The van der Waals surface area contributed by atoms with Gasteiger partial charge in [0.05, 0.1) is 7.11 Å². The van der Waals surface area contributed by atoms with Crippen LogP contribution in [0.2, 0.25) is 0 Å². The number of rotatable bonds is 8. The predicted octanol–water partition coefficient (Wildman–Crippen LogP) is 2.23. The zero-order chi connectivity index (χ0) is 11.7. The van der Waals surface area contributed by atoms with E-state index in [1.807, 2.05) is 0 Å². The Bertz CT molecular complexity index is 198. The molecule has 0 aromatic rings. The molecule has 0 saturated heterocycles. The molecular weight excluding hydrogens is 190 g/mol. The van der Waals surface area contributed by atoms with Gasteiger partial charge >= 0.3 is 5.97 Å². The molecule has 0 saturated carbocycles. The van der Waals surface area contributed by atoms with Crippen molar-refractivity contribution in [3.63, 3.8) is 0 Å². The summed E-state index contributed by atoms with van der Waals surface area (Å²) in [6, 6.07) is 0. The molecule has 0 aliphatic heterocycles. The number of carbonyl (C=O) groups is 1. The minimum absolute atomic E-state index is 0.280. The van der Waals surface area contributed by atoms with E-state index in [-0.39, 0.29) is 5.97 Å². The van der Waals surface area contributed by atoms with Crippen molar-refractivity contribution >= 4 is 5.97 Å². The fraction of sp³-hybridized carbons (Fsp3) is 0.750. The molecule has 0 heterocycles. The minimum Gasteiger partial charge on any atom is -0.466 e. The van der Waals surface area contributed by atoms with Crippen LogP contribution in [0.3, 0.4) is 0 Å². The molecule has 0 rings (SSSR count). The molecule has 0 aromatic carbocycles. The molecule has 0 aliphatic carbocycles. The normalized spacial score (nSPS) is 10.4. The van der Waals surface area contributed by atoms with Crippen molar-refractivity contribution in [1.82, 2.24) is 4.90 Å². The molecule has 88 valence electrons. The zero-order valence-corrected chi connectivity index (χ0v) is 10.2. The Morgan fingerprint density at radius 3 is 2.33 bits per heavy atom. The van der Waals surface area contributed by atoms with Crippen LogP contribution in [0.4, 0.5) is 0 Å². The van der Waals surface area contributed by atoms with Crippen LogP contribution in [0.25, 0.3) is 0 Å². The zero-order valence-electron chi connectivity index (χ0n) is 10.2. The SMILES string of the molecule is C=C(CCCCN(CC)CC)C(=O)OC. The van der Waals surface area contributed by atoms with Crippen LogP contribution in [0.5, 0.6) is 0 Å². The second-order valence-corrected chi connectivity index (χ2v) is 3.58. The van der Waals surface area contributed by atoms with Crippen LogP contribution >= 0.6 is 0 Å². The Kier molecular flexibility index (Phi) is 8.01. The number of carbonyl (C=O) groups excluding carboxylic acids is 1. The lowest BCUT2D eigenvalue weighted by Crippen LogP contribution is -2.23. The first-order valence-corrected chi connectivity index (χ1v) is 5.64. The molecule has 0 aromatic heterocycles. The number of unbranched alkanes of at least 4 members (excludes halogenated alkanes) is 1. The number of esters is 1. The van der Waals surface area contributed by atoms with Gasteiger partial charge in [0.15, 0.2) is 0 Å². The van der Waals surface area contributed by atoms with E-state index in [0.29, 0.717) is 5.57 Å². The first kappa shape index (κ1) is 14.2. The van der Waals surface area contributed by atoms with Gasteiger partial charge in [0.1, 0.15) is 0 Å². The summed E-state index contributed by atoms with van der Waals surface area (Å²) in [5.74, 6) is -0.280. The molecule has 0 N–H and O–H groups in total. The highest BCUT2D eigenvalue weighted by Crippen LogP contribution is 2.07.